The molecular formula is C19H30FN5. The molecule has 2 saturated heterocycles. The van der Waals surface area contributed by atoms with Crippen LogP contribution in [0.4, 0.5) is 10.1 Å². The van der Waals surface area contributed by atoms with Crippen molar-refractivity contribution in [3.8, 4) is 0 Å². The third kappa shape index (κ3) is 5.08. The number of nitrogens with zero attached hydrogens (tertiary/aromatic N) is 4. The Bertz CT molecular complexity index is 558. The number of rotatable bonds is 4. The second kappa shape index (κ2) is 8.52. The van der Waals surface area contributed by atoms with Crippen LogP contribution in [0.3, 0.4) is 0 Å². The van der Waals surface area contributed by atoms with Gasteiger partial charge >= 0.3 is 0 Å². The van der Waals surface area contributed by atoms with Gasteiger partial charge in [-0.05, 0) is 43.0 Å². The number of guanidine groups is 1. The van der Waals surface area contributed by atoms with Crippen molar-refractivity contribution in [2.75, 3.05) is 57.3 Å². The maximum Gasteiger partial charge on any atom is 0.191 e. The van der Waals surface area contributed by atoms with E-state index in [9.17, 15) is 4.39 Å². The maximum atomic E-state index is 13.0. The van der Waals surface area contributed by atoms with E-state index in [1.165, 1.54) is 25.0 Å². The van der Waals surface area contributed by atoms with Crippen LogP contribution in [-0.2, 0) is 0 Å². The fourth-order valence-corrected chi connectivity index (χ4v) is 3.53. The van der Waals surface area contributed by atoms with Gasteiger partial charge in [-0.25, -0.2) is 4.39 Å². The Hall–Kier alpha value is -1.82. The summed E-state index contributed by atoms with van der Waals surface area (Å²) in [6.45, 7) is 10.0. The van der Waals surface area contributed by atoms with Gasteiger partial charge < -0.3 is 15.5 Å². The predicted octanol–water partition coefficient (Wildman–Crippen LogP) is 1.99. The lowest BCUT2D eigenvalue weighted by Crippen LogP contribution is -2.47. The lowest BCUT2D eigenvalue weighted by atomic mass is 10.00. The standard InChI is InChI=1S/C19H30FN5/c1-16-6-9-25(10-7-16)19(21)22-8-11-23-12-14-24(15-13-23)18-4-2-17(20)3-5-18/h2-5,16H,6-15H2,1H3,(H2,21,22). The number of halogens is 1. The highest BCUT2D eigenvalue weighted by atomic mass is 19.1. The highest BCUT2D eigenvalue weighted by Crippen LogP contribution is 2.17. The van der Waals surface area contributed by atoms with E-state index in [0.717, 1.165) is 64.0 Å². The number of likely N-dealkylation sites (tertiary alicyclic amines) is 1. The minimum Gasteiger partial charge on any atom is -0.370 e. The van der Waals surface area contributed by atoms with Crippen LogP contribution in [0.15, 0.2) is 29.3 Å². The van der Waals surface area contributed by atoms with Crippen molar-refractivity contribution < 1.29 is 4.39 Å². The summed E-state index contributed by atoms with van der Waals surface area (Å²) in [6, 6.07) is 6.77. The number of hydrogen-bond acceptors (Lipinski definition) is 3. The van der Waals surface area contributed by atoms with Crippen LogP contribution < -0.4 is 10.6 Å². The zero-order chi connectivity index (χ0) is 17.6. The molecule has 5 nitrogen and oxygen atoms in total. The molecule has 0 saturated carbocycles. The first-order chi connectivity index (χ1) is 12.1. The average molecular weight is 347 g/mol. The third-order valence-corrected chi connectivity index (χ3v) is 5.36. The molecule has 0 bridgehead atoms. The van der Waals surface area contributed by atoms with Crippen molar-refractivity contribution in [2.24, 2.45) is 16.6 Å². The van der Waals surface area contributed by atoms with E-state index < -0.39 is 0 Å². The molecule has 1 aromatic carbocycles. The highest BCUT2D eigenvalue weighted by molar-refractivity contribution is 5.78. The zero-order valence-electron chi connectivity index (χ0n) is 15.2. The molecule has 138 valence electrons. The predicted molar refractivity (Wildman–Crippen MR) is 102 cm³/mol. The Morgan fingerprint density at radius 1 is 1.08 bits per heavy atom. The van der Waals surface area contributed by atoms with Gasteiger partial charge in [0, 0.05) is 51.5 Å². The van der Waals surface area contributed by atoms with E-state index in [-0.39, 0.29) is 5.82 Å². The summed E-state index contributed by atoms with van der Waals surface area (Å²) in [6.07, 6.45) is 2.42. The summed E-state index contributed by atoms with van der Waals surface area (Å²) < 4.78 is 13.0. The second-order valence-corrected chi connectivity index (χ2v) is 7.21. The monoisotopic (exact) mass is 347 g/mol. The molecule has 0 radical (unpaired) electrons. The van der Waals surface area contributed by atoms with Gasteiger partial charge in [-0.3, -0.25) is 9.89 Å². The molecular weight excluding hydrogens is 317 g/mol. The van der Waals surface area contributed by atoms with E-state index in [1.54, 1.807) is 0 Å². The first-order valence-electron chi connectivity index (χ1n) is 9.39. The number of piperazine rings is 1. The zero-order valence-corrected chi connectivity index (χ0v) is 15.2. The Morgan fingerprint density at radius 3 is 2.36 bits per heavy atom. The first kappa shape index (κ1) is 18.0. The van der Waals surface area contributed by atoms with Crippen molar-refractivity contribution in [1.29, 1.82) is 0 Å². The summed E-state index contributed by atoms with van der Waals surface area (Å²) in [7, 11) is 0. The molecule has 2 heterocycles. The van der Waals surface area contributed by atoms with E-state index in [4.69, 9.17) is 5.73 Å². The molecule has 2 aliphatic rings. The van der Waals surface area contributed by atoms with Crippen LogP contribution in [0.25, 0.3) is 0 Å². The van der Waals surface area contributed by atoms with E-state index in [1.807, 2.05) is 12.1 Å². The van der Waals surface area contributed by atoms with E-state index >= 15 is 0 Å². The number of anilines is 1. The normalized spacial score (nSPS) is 21.0. The van der Waals surface area contributed by atoms with Crippen LogP contribution in [-0.4, -0.2) is 68.1 Å². The molecule has 0 atom stereocenters. The summed E-state index contributed by atoms with van der Waals surface area (Å²) in [5, 5.41) is 0. The minimum absolute atomic E-state index is 0.180. The van der Waals surface area contributed by atoms with Gasteiger partial charge in [0.05, 0.1) is 6.54 Å². The number of piperidine rings is 1. The number of benzene rings is 1. The molecule has 2 N–H and O–H groups in total. The van der Waals surface area contributed by atoms with Crippen LogP contribution in [0.2, 0.25) is 0 Å². The Kier molecular flexibility index (Phi) is 6.13. The van der Waals surface area contributed by atoms with Gasteiger partial charge in [0.1, 0.15) is 5.82 Å². The SMILES string of the molecule is CC1CCN(C(N)=NCCN2CCN(c3ccc(F)cc3)CC2)CC1. The Morgan fingerprint density at radius 2 is 1.72 bits per heavy atom. The van der Waals surface area contributed by atoms with E-state index in [2.05, 4.69) is 26.6 Å². The molecule has 2 aliphatic heterocycles. The highest BCUT2D eigenvalue weighted by Gasteiger charge is 2.18. The smallest absolute Gasteiger partial charge is 0.191 e. The molecule has 0 aromatic heterocycles. The topological polar surface area (TPSA) is 48.1 Å². The van der Waals surface area contributed by atoms with Gasteiger partial charge in [-0.2, -0.15) is 0 Å². The van der Waals surface area contributed by atoms with Gasteiger partial charge in [-0.1, -0.05) is 6.92 Å². The molecule has 0 aliphatic carbocycles. The molecule has 25 heavy (non-hydrogen) atoms. The number of aliphatic imine (C=N–C) groups is 1. The van der Waals surface area contributed by atoms with Crippen molar-refractivity contribution in [2.45, 2.75) is 19.8 Å². The van der Waals surface area contributed by atoms with Crippen molar-refractivity contribution in [3.05, 3.63) is 30.1 Å². The largest absolute Gasteiger partial charge is 0.370 e. The number of hydrogen-bond donors (Lipinski definition) is 1. The summed E-state index contributed by atoms with van der Waals surface area (Å²) in [4.78, 5) is 11.5. The maximum absolute atomic E-state index is 13.0. The van der Waals surface area contributed by atoms with Crippen molar-refractivity contribution in [3.63, 3.8) is 0 Å². The molecule has 0 unspecified atom stereocenters. The van der Waals surface area contributed by atoms with Crippen LogP contribution in [0.1, 0.15) is 19.8 Å². The minimum atomic E-state index is -0.180. The number of nitrogens with two attached hydrogens (primary N) is 1. The lowest BCUT2D eigenvalue weighted by Gasteiger charge is -2.36. The third-order valence-electron chi connectivity index (χ3n) is 5.36. The Balaban J connectivity index is 1.39. The van der Waals surface area contributed by atoms with Crippen molar-refractivity contribution in [1.82, 2.24) is 9.80 Å². The molecule has 2 fully saturated rings. The van der Waals surface area contributed by atoms with Gasteiger partial charge in [0.2, 0.25) is 0 Å². The van der Waals surface area contributed by atoms with Crippen molar-refractivity contribution >= 4 is 11.6 Å². The summed E-state index contributed by atoms with van der Waals surface area (Å²) in [5.41, 5.74) is 7.24. The van der Waals surface area contributed by atoms with E-state index in [0.29, 0.717) is 5.96 Å². The molecule has 3 rings (SSSR count). The van der Waals surface area contributed by atoms with Gasteiger partial charge in [0.15, 0.2) is 5.96 Å². The first-order valence-corrected chi connectivity index (χ1v) is 9.39. The summed E-state index contributed by atoms with van der Waals surface area (Å²) >= 11 is 0. The summed E-state index contributed by atoms with van der Waals surface area (Å²) in [5.74, 6) is 1.33. The van der Waals surface area contributed by atoms with Crippen LogP contribution >= 0.6 is 0 Å². The average Bonchev–Trinajstić information content (AvgIpc) is 2.63. The fourth-order valence-electron chi connectivity index (χ4n) is 3.53. The quantitative estimate of drug-likeness (QED) is 0.668. The van der Waals surface area contributed by atoms with Gasteiger partial charge in [0.25, 0.3) is 0 Å². The fraction of sp³-hybridized carbons (Fsp3) is 0.632. The molecule has 0 amide bonds. The van der Waals surface area contributed by atoms with Crippen LogP contribution in [0.5, 0.6) is 0 Å². The molecule has 6 heteroatoms. The van der Waals surface area contributed by atoms with Crippen LogP contribution in [0, 0.1) is 11.7 Å². The molecule has 1 aromatic rings. The molecule has 0 spiro atoms. The second-order valence-electron chi connectivity index (χ2n) is 7.21. The lowest BCUT2D eigenvalue weighted by molar-refractivity contribution is 0.261. The Labute approximate surface area is 150 Å². The van der Waals surface area contributed by atoms with Gasteiger partial charge in [-0.15, -0.1) is 0 Å².